The van der Waals surface area contributed by atoms with E-state index < -0.39 is 23.6 Å². The molecule has 5 rings (SSSR count). The van der Waals surface area contributed by atoms with Gasteiger partial charge in [-0.15, -0.1) is 0 Å². The molecule has 284 valence electrons. The third-order valence-electron chi connectivity index (χ3n) is 11.9. The van der Waals surface area contributed by atoms with Crippen LogP contribution in [0.1, 0.15) is 119 Å². The number of nitrogen functional groups attached to an aromatic ring is 1. The summed E-state index contributed by atoms with van der Waals surface area (Å²) in [6, 6.07) is 18.2. The highest BCUT2D eigenvalue weighted by molar-refractivity contribution is 5.70. The molecule has 0 saturated heterocycles. The molecule has 1 fully saturated rings. The van der Waals surface area contributed by atoms with Gasteiger partial charge in [-0.2, -0.15) is 11.4 Å². The van der Waals surface area contributed by atoms with E-state index in [1.165, 1.54) is 24.8 Å². The molecule has 1 saturated carbocycles. The minimum absolute atomic E-state index is 0.0672. The summed E-state index contributed by atoms with van der Waals surface area (Å²) in [4.78, 5) is 21.4. The molecule has 0 amide bonds. The second-order valence-corrected chi connectivity index (χ2v) is 16.0. The smallest absolute Gasteiger partial charge is 0.309 e. The van der Waals surface area contributed by atoms with Gasteiger partial charge in [-0.05, 0) is 112 Å². The topological polar surface area (TPSA) is 151 Å². The molecule has 2 heterocycles. The second kappa shape index (κ2) is 19.6. The van der Waals surface area contributed by atoms with Crippen molar-refractivity contribution in [2.45, 2.75) is 134 Å². The first kappa shape index (κ1) is 39.7. The number of nitrogens with two attached hydrogens (primary N) is 1. The number of rotatable bonds is 21. The van der Waals surface area contributed by atoms with E-state index in [1.54, 1.807) is 6.20 Å². The summed E-state index contributed by atoms with van der Waals surface area (Å²) in [7, 11) is 0. The molecule has 2 aliphatic rings. The highest BCUT2D eigenvalue weighted by Gasteiger charge is 2.45. The number of aliphatic hydroxyl groups excluding tert-OH is 2. The van der Waals surface area contributed by atoms with Crippen molar-refractivity contribution in [2.75, 3.05) is 5.73 Å². The third kappa shape index (κ3) is 11.8. The minimum atomic E-state index is -1.05. The monoisotopic (exact) mass is 712 g/mol. The van der Waals surface area contributed by atoms with Crippen molar-refractivity contribution in [1.29, 1.82) is 0 Å². The number of anilines is 1. The number of benzene rings is 1. The molecule has 0 spiro atoms. The van der Waals surface area contributed by atoms with Crippen LogP contribution >= 0.6 is 0 Å². The van der Waals surface area contributed by atoms with E-state index in [9.17, 15) is 25.2 Å². The third-order valence-corrected chi connectivity index (χ3v) is 11.9. The molecule has 2 aromatic heterocycles. The standard InChI is InChI=1S/C44H62N3O5/c1-2-3-6-11-32-16-17-35(41(49)27-32)14-9-5-10-15-39(43(50)51)40(48)20-22-44(52)30-34(24-33-21-23-46-42(45)28-33)25-36(44)29-38-19-18-37(47-38)26-31-12-7-4-8-13-31/h4,7-8,12-13,16-19,21,23,28,32,34-36,39-41,48-49,52H,2-3,5-6,9-11,14-15,20,22,24-27,29-30H2,1H3,(H2,45,46)(H,50,51)/q-1. The van der Waals surface area contributed by atoms with Crippen molar-refractivity contribution in [1.82, 2.24) is 9.97 Å². The van der Waals surface area contributed by atoms with Crippen LogP contribution in [0.15, 0.2) is 72.9 Å². The Morgan fingerprint density at radius 3 is 2.48 bits per heavy atom. The van der Waals surface area contributed by atoms with Crippen LogP contribution in [0.5, 0.6) is 0 Å². The number of carboxylic acids is 1. The predicted molar refractivity (Wildman–Crippen MR) is 207 cm³/mol. The normalized spacial score (nSPS) is 25.7. The fourth-order valence-corrected chi connectivity index (χ4v) is 8.93. The van der Waals surface area contributed by atoms with Crippen LogP contribution in [0.2, 0.25) is 0 Å². The molecule has 8 heteroatoms. The van der Waals surface area contributed by atoms with Crippen molar-refractivity contribution >= 4 is 11.8 Å². The van der Waals surface area contributed by atoms with Crippen molar-refractivity contribution in [3.8, 4) is 0 Å². The Hall–Kier alpha value is -3.46. The number of carboxylic acid groups (broad SMARTS) is 1. The molecule has 8 nitrogen and oxygen atoms in total. The fourth-order valence-electron chi connectivity index (χ4n) is 8.93. The molecule has 6 N–H and O–H groups in total. The van der Waals surface area contributed by atoms with Crippen molar-refractivity contribution in [3.05, 3.63) is 95.5 Å². The summed E-state index contributed by atoms with van der Waals surface area (Å²) in [5.41, 5.74) is 9.16. The largest absolute Gasteiger partial charge is 0.664 e. The summed E-state index contributed by atoms with van der Waals surface area (Å²) in [5.74, 6) is -0.587. The number of carbonyl (C=O) groups is 1. The zero-order chi connectivity index (χ0) is 36.9. The van der Waals surface area contributed by atoms with Crippen molar-refractivity contribution in [3.63, 3.8) is 0 Å². The second-order valence-electron chi connectivity index (χ2n) is 16.0. The van der Waals surface area contributed by atoms with Gasteiger partial charge in [-0.3, -0.25) is 4.79 Å². The van der Waals surface area contributed by atoms with E-state index in [0.717, 1.165) is 68.3 Å². The Bertz CT molecular complexity index is 1540. The molecule has 3 aromatic rings. The lowest BCUT2D eigenvalue weighted by atomic mass is 9.80. The van der Waals surface area contributed by atoms with Gasteiger partial charge in [0.15, 0.2) is 0 Å². The molecule has 8 unspecified atom stereocenters. The van der Waals surface area contributed by atoms with Gasteiger partial charge in [0, 0.05) is 12.1 Å². The molecule has 52 heavy (non-hydrogen) atoms. The maximum atomic E-state index is 12.3. The van der Waals surface area contributed by atoms with Crippen LogP contribution in [-0.4, -0.2) is 49.2 Å². The highest BCUT2D eigenvalue weighted by atomic mass is 16.4. The molecular formula is C44H62N3O5-. The van der Waals surface area contributed by atoms with Gasteiger partial charge in [0.05, 0.1) is 23.7 Å². The molecule has 0 bridgehead atoms. The van der Waals surface area contributed by atoms with E-state index in [4.69, 9.17) is 10.7 Å². The molecular weight excluding hydrogens is 650 g/mol. The van der Waals surface area contributed by atoms with Crippen LogP contribution < -0.4 is 10.7 Å². The first-order valence-corrected chi connectivity index (χ1v) is 20.0. The van der Waals surface area contributed by atoms with Gasteiger partial charge >= 0.3 is 5.97 Å². The Labute approximate surface area is 311 Å². The summed E-state index contributed by atoms with van der Waals surface area (Å²) < 4.78 is 0. The van der Waals surface area contributed by atoms with Gasteiger partial charge in [-0.25, -0.2) is 4.98 Å². The Balaban J connectivity index is 1.14. The van der Waals surface area contributed by atoms with Crippen LogP contribution in [0.4, 0.5) is 5.82 Å². The number of allylic oxidation sites excluding steroid dienone is 1. The first-order valence-electron chi connectivity index (χ1n) is 20.0. The maximum absolute atomic E-state index is 12.3. The number of aliphatic carboxylic acids is 1. The van der Waals surface area contributed by atoms with Gasteiger partial charge < -0.3 is 31.1 Å². The maximum Gasteiger partial charge on any atom is 0.309 e. The quantitative estimate of drug-likeness (QED) is 0.0558. The van der Waals surface area contributed by atoms with Gasteiger partial charge in [-0.1, -0.05) is 100 Å². The van der Waals surface area contributed by atoms with E-state index in [2.05, 4.69) is 48.3 Å². The van der Waals surface area contributed by atoms with E-state index in [-0.39, 0.29) is 30.3 Å². The number of unbranched alkanes of at least 4 members (excludes halogenated alkanes) is 4. The lowest BCUT2D eigenvalue weighted by Crippen LogP contribution is -2.37. The SMILES string of the molecule is CCCCCC1C=CC(CCCCCC(C(=O)O)C(O)CCC2(O)CC(Cc3ccnc(N)c3)CC2Cc2ccc(Cc3ccccc3)[n-]2)C(O)C1. The molecule has 2 aliphatic carbocycles. The fraction of sp³-hybridized carbons (Fsp3) is 0.591. The minimum Gasteiger partial charge on any atom is -0.664 e. The van der Waals surface area contributed by atoms with Crippen LogP contribution in [0.3, 0.4) is 0 Å². The van der Waals surface area contributed by atoms with Crippen LogP contribution in [0.25, 0.3) is 0 Å². The van der Waals surface area contributed by atoms with Gasteiger partial charge in [0.2, 0.25) is 0 Å². The van der Waals surface area contributed by atoms with Crippen molar-refractivity contribution < 1.29 is 25.2 Å². The van der Waals surface area contributed by atoms with Crippen LogP contribution in [0, 0.1) is 29.6 Å². The number of pyridine rings is 1. The number of nitrogens with zero attached hydrogens (tertiary/aromatic N) is 2. The van der Waals surface area contributed by atoms with E-state index in [1.807, 2.05) is 30.3 Å². The van der Waals surface area contributed by atoms with Gasteiger partial charge in [0.25, 0.3) is 0 Å². The number of hydrogen-bond donors (Lipinski definition) is 5. The Morgan fingerprint density at radius 1 is 0.942 bits per heavy atom. The lowest BCUT2D eigenvalue weighted by molar-refractivity contribution is -0.146. The average molecular weight is 713 g/mol. The van der Waals surface area contributed by atoms with E-state index >= 15 is 0 Å². The summed E-state index contributed by atoms with van der Waals surface area (Å²) >= 11 is 0. The average Bonchev–Trinajstić information content (AvgIpc) is 3.69. The molecule has 1 aromatic carbocycles. The van der Waals surface area contributed by atoms with Crippen molar-refractivity contribution in [2.24, 2.45) is 29.6 Å². The molecule has 8 atom stereocenters. The van der Waals surface area contributed by atoms with Crippen LogP contribution in [-0.2, 0) is 24.1 Å². The number of aliphatic hydroxyl groups is 3. The molecule has 0 aliphatic heterocycles. The van der Waals surface area contributed by atoms with Gasteiger partial charge in [0.1, 0.15) is 5.82 Å². The number of hydrogen-bond acceptors (Lipinski definition) is 6. The summed E-state index contributed by atoms with van der Waals surface area (Å²) in [6.07, 6.45) is 18.4. The lowest BCUT2D eigenvalue weighted by Gasteiger charge is -2.33. The number of aromatic nitrogens is 2. The highest BCUT2D eigenvalue weighted by Crippen LogP contribution is 2.46. The zero-order valence-corrected chi connectivity index (χ0v) is 31.2. The predicted octanol–water partition coefficient (Wildman–Crippen LogP) is 7.68. The van der Waals surface area contributed by atoms with E-state index in [0.29, 0.717) is 43.8 Å². The zero-order valence-electron chi connectivity index (χ0n) is 31.2. The Kier molecular flexibility index (Phi) is 15.0. The molecule has 0 radical (unpaired) electrons. The summed E-state index contributed by atoms with van der Waals surface area (Å²) in [5, 5.41) is 44.3. The Morgan fingerprint density at radius 2 is 1.73 bits per heavy atom. The summed E-state index contributed by atoms with van der Waals surface area (Å²) in [6.45, 7) is 2.21. The first-order chi connectivity index (χ1) is 25.1.